The predicted octanol–water partition coefficient (Wildman–Crippen LogP) is -0.436. The quantitative estimate of drug-likeness (QED) is 0.414. The molecule has 0 amide bonds. The molecule has 0 rings (SSSR count). The molecule has 0 aliphatic heterocycles. The van der Waals surface area contributed by atoms with E-state index < -0.39 is 0 Å². The van der Waals surface area contributed by atoms with E-state index in [1.807, 2.05) is 0 Å². The summed E-state index contributed by atoms with van der Waals surface area (Å²) in [7, 11) is 1.70. The molecule has 0 aromatic heterocycles. The van der Waals surface area contributed by atoms with Crippen LogP contribution in [0.4, 0.5) is 0 Å². The van der Waals surface area contributed by atoms with Crippen molar-refractivity contribution in [3.05, 3.63) is 12.0 Å². The first kappa shape index (κ1) is 6.30. The van der Waals surface area contributed by atoms with Gasteiger partial charge in [-0.1, -0.05) is 0 Å². The van der Waals surface area contributed by atoms with Crippen LogP contribution in [0.1, 0.15) is 0 Å². The van der Waals surface area contributed by atoms with Gasteiger partial charge in [0.2, 0.25) is 0 Å². The van der Waals surface area contributed by atoms with Crippen LogP contribution in [0.3, 0.4) is 0 Å². The van der Waals surface area contributed by atoms with E-state index in [-0.39, 0.29) is 12.3 Å². The Morgan fingerprint density at radius 2 is 2.57 bits per heavy atom. The zero-order valence-electron chi connectivity index (χ0n) is 4.31. The van der Waals surface area contributed by atoms with E-state index in [4.69, 9.17) is 10.8 Å². The fraction of sp³-hybridized carbons (Fsp3) is 0.500. The molecular formula is C4H10N2O. The van der Waals surface area contributed by atoms with Crippen molar-refractivity contribution in [3.8, 4) is 0 Å². The van der Waals surface area contributed by atoms with Gasteiger partial charge >= 0.3 is 0 Å². The summed E-state index contributed by atoms with van der Waals surface area (Å²) in [6.07, 6.45) is 1.44. The first-order valence-electron chi connectivity index (χ1n) is 2.06. The molecule has 0 unspecified atom stereocenters. The normalized spacial score (nSPS) is 11.4. The van der Waals surface area contributed by atoms with Gasteiger partial charge in [-0.05, 0) is 0 Å². The van der Waals surface area contributed by atoms with Crippen molar-refractivity contribution in [2.45, 2.75) is 0 Å². The van der Waals surface area contributed by atoms with Crippen LogP contribution in [0.5, 0.6) is 0 Å². The van der Waals surface area contributed by atoms with Crippen LogP contribution in [0.15, 0.2) is 12.0 Å². The molecule has 0 aliphatic rings. The molecule has 0 spiro atoms. The molecule has 0 aromatic rings. The Balaban J connectivity index is 3.29. The molecule has 7 heavy (non-hydrogen) atoms. The van der Waals surface area contributed by atoms with Gasteiger partial charge in [0.15, 0.2) is 0 Å². The van der Waals surface area contributed by atoms with Crippen molar-refractivity contribution in [1.82, 2.24) is 5.32 Å². The number of hydrogen-bond donors (Lipinski definition) is 3. The highest BCUT2D eigenvalue weighted by molar-refractivity contribution is 4.88. The summed E-state index contributed by atoms with van der Waals surface area (Å²) < 4.78 is 0. The number of hydrogen-bond acceptors (Lipinski definition) is 3. The average Bonchev–Trinajstić information content (AvgIpc) is 1.68. The van der Waals surface area contributed by atoms with Gasteiger partial charge in [0.1, 0.15) is 5.76 Å². The Hall–Kier alpha value is -0.700. The standard InChI is InChI=1S/C4H10N2O/c1-6-3-4(7)2-5/h3,6-7H,2,5H2,1H3/b4-3-. The molecular weight excluding hydrogens is 92.1 g/mol. The van der Waals surface area contributed by atoms with Crippen LogP contribution in [0, 0.1) is 0 Å². The number of aliphatic hydroxyl groups is 1. The number of aliphatic hydroxyl groups excluding tert-OH is 1. The van der Waals surface area contributed by atoms with Crippen molar-refractivity contribution in [2.75, 3.05) is 13.6 Å². The molecule has 42 valence electrons. The van der Waals surface area contributed by atoms with Gasteiger partial charge in [-0.15, -0.1) is 0 Å². The van der Waals surface area contributed by atoms with E-state index in [0.717, 1.165) is 0 Å². The third-order valence-electron chi connectivity index (χ3n) is 0.520. The molecule has 0 aromatic carbocycles. The first-order valence-corrected chi connectivity index (χ1v) is 2.06. The molecule has 3 nitrogen and oxygen atoms in total. The number of nitrogens with one attached hydrogen (secondary N) is 1. The average molecular weight is 102 g/mol. The summed E-state index contributed by atoms with van der Waals surface area (Å²) in [5, 5.41) is 11.2. The van der Waals surface area contributed by atoms with Gasteiger partial charge in [-0.25, -0.2) is 0 Å². The monoisotopic (exact) mass is 102 g/mol. The Kier molecular flexibility index (Phi) is 3.14. The van der Waals surface area contributed by atoms with Gasteiger partial charge < -0.3 is 16.2 Å². The van der Waals surface area contributed by atoms with E-state index in [1.54, 1.807) is 7.05 Å². The summed E-state index contributed by atoms with van der Waals surface area (Å²) in [6, 6.07) is 0. The fourth-order valence-electron chi connectivity index (χ4n) is 0.226. The van der Waals surface area contributed by atoms with Crippen molar-refractivity contribution in [3.63, 3.8) is 0 Å². The lowest BCUT2D eigenvalue weighted by Gasteiger charge is -1.90. The second-order valence-corrected chi connectivity index (χ2v) is 1.13. The van der Waals surface area contributed by atoms with Crippen LogP contribution in [0.2, 0.25) is 0 Å². The van der Waals surface area contributed by atoms with Gasteiger partial charge in [-0.2, -0.15) is 0 Å². The highest BCUT2D eigenvalue weighted by Gasteiger charge is 1.79. The van der Waals surface area contributed by atoms with Crippen LogP contribution in [-0.2, 0) is 0 Å². The van der Waals surface area contributed by atoms with E-state index in [0.29, 0.717) is 0 Å². The van der Waals surface area contributed by atoms with Gasteiger partial charge in [0.25, 0.3) is 0 Å². The first-order chi connectivity index (χ1) is 3.31. The number of rotatable bonds is 2. The van der Waals surface area contributed by atoms with Crippen LogP contribution in [-0.4, -0.2) is 18.7 Å². The summed E-state index contributed by atoms with van der Waals surface area (Å²) in [5.74, 6) is 0.169. The Morgan fingerprint density at radius 1 is 2.00 bits per heavy atom. The maximum absolute atomic E-state index is 8.53. The smallest absolute Gasteiger partial charge is 0.121 e. The predicted molar refractivity (Wildman–Crippen MR) is 28.8 cm³/mol. The third kappa shape index (κ3) is 3.12. The maximum atomic E-state index is 8.53. The lowest BCUT2D eigenvalue weighted by molar-refractivity contribution is 0.399. The second-order valence-electron chi connectivity index (χ2n) is 1.13. The minimum absolute atomic E-state index is 0.169. The highest BCUT2D eigenvalue weighted by atomic mass is 16.3. The van der Waals surface area contributed by atoms with E-state index in [1.165, 1.54) is 6.20 Å². The van der Waals surface area contributed by atoms with Crippen LogP contribution in [0.25, 0.3) is 0 Å². The minimum Gasteiger partial charge on any atom is -0.509 e. The van der Waals surface area contributed by atoms with Crippen LogP contribution < -0.4 is 11.1 Å². The number of nitrogens with two attached hydrogens (primary N) is 1. The van der Waals surface area contributed by atoms with Crippen molar-refractivity contribution < 1.29 is 5.11 Å². The Bertz CT molecular complexity index is 70.1. The van der Waals surface area contributed by atoms with Gasteiger partial charge in [-0.3, -0.25) is 0 Å². The molecule has 3 heteroatoms. The Morgan fingerprint density at radius 3 is 2.71 bits per heavy atom. The highest BCUT2D eigenvalue weighted by Crippen LogP contribution is 1.75. The van der Waals surface area contributed by atoms with Crippen LogP contribution >= 0.6 is 0 Å². The molecule has 0 fully saturated rings. The molecule has 4 N–H and O–H groups in total. The summed E-state index contributed by atoms with van der Waals surface area (Å²) in [5.41, 5.74) is 5.00. The lowest BCUT2D eigenvalue weighted by atomic mass is 10.5. The minimum atomic E-state index is 0.169. The Labute approximate surface area is 42.8 Å². The fourth-order valence-corrected chi connectivity index (χ4v) is 0.226. The zero-order chi connectivity index (χ0) is 5.70. The second kappa shape index (κ2) is 3.49. The van der Waals surface area contributed by atoms with Gasteiger partial charge in [0, 0.05) is 13.2 Å². The summed E-state index contributed by atoms with van der Waals surface area (Å²) in [4.78, 5) is 0. The molecule has 0 radical (unpaired) electrons. The van der Waals surface area contributed by atoms with Crippen molar-refractivity contribution in [2.24, 2.45) is 5.73 Å². The summed E-state index contributed by atoms with van der Waals surface area (Å²) in [6.45, 7) is 0.195. The topological polar surface area (TPSA) is 58.3 Å². The largest absolute Gasteiger partial charge is 0.509 e. The molecule has 0 atom stereocenters. The molecule has 0 bridgehead atoms. The van der Waals surface area contributed by atoms with Crippen molar-refractivity contribution in [1.29, 1.82) is 0 Å². The molecule has 0 heterocycles. The van der Waals surface area contributed by atoms with Gasteiger partial charge in [0.05, 0.1) is 6.54 Å². The van der Waals surface area contributed by atoms with E-state index >= 15 is 0 Å². The SMILES string of the molecule is CN/C=C(\O)CN. The maximum Gasteiger partial charge on any atom is 0.121 e. The molecule has 0 saturated heterocycles. The summed E-state index contributed by atoms with van der Waals surface area (Å²) >= 11 is 0. The van der Waals surface area contributed by atoms with E-state index in [9.17, 15) is 0 Å². The van der Waals surface area contributed by atoms with E-state index in [2.05, 4.69) is 5.32 Å². The third-order valence-corrected chi connectivity index (χ3v) is 0.520. The molecule has 0 saturated carbocycles. The zero-order valence-corrected chi connectivity index (χ0v) is 4.31. The lowest BCUT2D eigenvalue weighted by Crippen LogP contribution is -2.05. The van der Waals surface area contributed by atoms with Crippen molar-refractivity contribution >= 4 is 0 Å². The molecule has 0 aliphatic carbocycles.